The monoisotopic (exact) mass is 239 g/mol. The molecule has 1 aliphatic carbocycles. The topological polar surface area (TPSA) is 40.5 Å². The van der Waals surface area contributed by atoms with Crippen molar-refractivity contribution in [1.29, 1.82) is 0 Å². The fourth-order valence-corrected chi connectivity index (χ4v) is 3.29. The second kappa shape index (κ2) is 4.97. The van der Waals surface area contributed by atoms with Crippen LogP contribution in [0.2, 0.25) is 0 Å². The molecule has 3 heteroatoms. The van der Waals surface area contributed by atoms with Crippen LogP contribution in [-0.4, -0.2) is 35.1 Å². The minimum Gasteiger partial charge on any atom is -0.481 e. The van der Waals surface area contributed by atoms with Crippen LogP contribution in [-0.2, 0) is 4.79 Å². The Kier molecular flexibility index (Phi) is 3.76. The van der Waals surface area contributed by atoms with E-state index < -0.39 is 5.97 Å². The van der Waals surface area contributed by atoms with E-state index in [9.17, 15) is 4.79 Å². The van der Waals surface area contributed by atoms with E-state index in [0.29, 0.717) is 11.5 Å². The van der Waals surface area contributed by atoms with Crippen LogP contribution >= 0.6 is 0 Å². The van der Waals surface area contributed by atoms with Gasteiger partial charge in [0.15, 0.2) is 0 Å². The third-order valence-corrected chi connectivity index (χ3v) is 4.63. The zero-order valence-corrected chi connectivity index (χ0v) is 11.1. The third-order valence-electron chi connectivity index (χ3n) is 4.63. The molecule has 17 heavy (non-hydrogen) atoms. The highest BCUT2D eigenvalue weighted by Gasteiger charge is 2.33. The van der Waals surface area contributed by atoms with Gasteiger partial charge in [0.1, 0.15) is 0 Å². The summed E-state index contributed by atoms with van der Waals surface area (Å²) in [6.07, 6.45) is 6.98. The second-order valence-corrected chi connectivity index (χ2v) is 6.57. The Morgan fingerprint density at radius 3 is 2.47 bits per heavy atom. The first-order valence-electron chi connectivity index (χ1n) is 6.95. The molecule has 2 rings (SSSR count). The van der Waals surface area contributed by atoms with Crippen molar-refractivity contribution >= 4 is 5.97 Å². The smallest absolute Gasteiger partial charge is 0.307 e. The lowest BCUT2D eigenvalue weighted by Crippen LogP contribution is -2.46. The molecular weight excluding hydrogens is 214 g/mol. The van der Waals surface area contributed by atoms with Crippen LogP contribution in [0.1, 0.15) is 52.4 Å². The summed E-state index contributed by atoms with van der Waals surface area (Å²) in [7, 11) is 0. The highest BCUT2D eigenvalue weighted by Crippen LogP contribution is 2.37. The Morgan fingerprint density at radius 2 is 1.88 bits per heavy atom. The highest BCUT2D eigenvalue weighted by molar-refractivity contribution is 5.70. The zero-order chi connectivity index (χ0) is 12.5. The maximum atomic E-state index is 11.1. The zero-order valence-electron chi connectivity index (χ0n) is 11.1. The molecule has 0 bridgehead atoms. The molecule has 0 radical (unpaired) electrons. The van der Waals surface area contributed by atoms with E-state index in [-0.39, 0.29) is 5.92 Å². The Bertz CT molecular complexity index is 278. The molecule has 0 aromatic heterocycles. The van der Waals surface area contributed by atoms with Crippen molar-refractivity contribution in [3.05, 3.63) is 0 Å². The highest BCUT2D eigenvalue weighted by atomic mass is 16.4. The van der Waals surface area contributed by atoms with Crippen molar-refractivity contribution < 1.29 is 9.90 Å². The second-order valence-electron chi connectivity index (χ2n) is 6.57. The molecule has 2 fully saturated rings. The first-order valence-corrected chi connectivity index (χ1v) is 6.95. The number of hydrogen-bond acceptors (Lipinski definition) is 2. The van der Waals surface area contributed by atoms with E-state index in [0.717, 1.165) is 25.9 Å². The molecule has 0 spiro atoms. The van der Waals surface area contributed by atoms with Crippen molar-refractivity contribution in [2.75, 3.05) is 13.1 Å². The van der Waals surface area contributed by atoms with Gasteiger partial charge < -0.3 is 5.11 Å². The van der Waals surface area contributed by atoms with Crippen molar-refractivity contribution in [3.63, 3.8) is 0 Å². The van der Waals surface area contributed by atoms with Gasteiger partial charge in [-0.2, -0.15) is 0 Å². The van der Waals surface area contributed by atoms with Crippen molar-refractivity contribution in [3.8, 4) is 0 Å². The average Bonchev–Trinajstić information content (AvgIpc) is 2.29. The Morgan fingerprint density at radius 1 is 1.24 bits per heavy atom. The SMILES string of the molecule is CC1(C)CCC(N2CCCC(C(=O)O)C2)CC1. The number of carboxylic acids is 1. The maximum Gasteiger partial charge on any atom is 0.307 e. The summed E-state index contributed by atoms with van der Waals surface area (Å²) >= 11 is 0. The van der Waals surface area contributed by atoms with E-state index in [1.165, 1.54) is 25.7 Å². The van der Waals surface area contributed by atoms with Gasteiger partial charge >= 0.3 is 5.97 Å². The summed E-state index contributed by atoms with van der Waals surface area (Å²) < 4.78 is 0. The minimum absolute atomic E-state index is 0.126. The van der Waals surface area contributed by atoms with Gasteiger partial charge in [-0.15, -0.1) is 0 Å². The van der Waals surface area contributed by atoms with Gasteiger partial charge in [0.25, 0.3) is 0 Å². The Labute approximate surface area is 104 Å². The van der Waals surface area contributed by atoms with E-state index in [1.807, 2.05) is 0 Å². The van der Waals surface area contributed by atoms with Gasteiger partial charge in [-0.1, -0.05) is 13.8 Å². The molecule has 1 atom stereocenters. The number of piperidine rings is 1. The van der Waals surface area contributed by atoms with Gasteiger partial charge in [-0.3, -0.25) is 9.69 Å². The van der Waals surface area contributed by atoms with Crippen LogP contribution in [0.5, 0.6) is 0 Å². The minimum atomic E-state index is -0.606. The molecule has 3 nitrogen and oxygen atoms in total. The quantitative estimate of drug-likeness (QED) is 0.805. The normalized spacial score (nSPS) is 31.3. The van der Waals surface area contributed by atoms with E-state index in [4.69, 9.17) is 5.11 Å². The van der Waals surface area contributed by atoms with E-state index in [1.54, 1.807) is 0 Å². The van der Waals surface area contributed by atoms with Gasteiger partial charge in [0.05, 0.1) is 5.92 Å². The number of likely N-dealkylation sites (tertiary alicyclic amines) is 1. The van der Waals surface area contributed by atoms with E-state index in [2.05, 4.69) is 18.7 Å². The standard InChI is InChI=1S/C14H25NO2/c1-14(2)7-5-12(6-8-14)15-9-3-4-11(10-15)13(16)17/h11-12H,3-10H2,1-2H3,(H,16,17). The molecule has 0 amide bonds. The maximum absolute atomic E-state index is 11.1. The lowest BCUT2D eigenvalue weighted by Gasteiger charge is -2.42. The summed E-state index contributed by atoms with van der Waals surface area (Å²) in [5, 5.41) is 9.11. The summed E-state index contributed by atoms with van der Waals surface area (Å²) in [5.41, 5.74) is 0.498. The van der Waals surface area contributed by atoms with Gasteiger partial charge in [0.2, 0.25) is 0 Å². The fraction of sp³-hybridized carbons (Fsp3) is 0.929. The van der Waals surface area contributed by atoms with Crippen LogP contribution in [0.3, 0.4) is 0 Å². The number of carbonyl (C=O) groups is 1. The summed E-state index contributed by atoms with van der Waals surface area (Å²) in [6, 6.07) is 0.644. The summed E-state index contributed by atoms with van der Waals surface area (Å²) in [6.45, 7) is 6.58. The van der Waals surface area contributed by atoms with Crippen molar-refractivity contribution in [1.82, 2.24) is 4.90 Å². The van der Waals surface area contributed by atoms with Crippen LogP contribution in [0.25, 0.3) is 0 Å². The first-order chi connectivity index (χ1) is 7.98. The molecule has 1 unspecified atom stereocenters. The summed E-state index contributed by atoms with van der Waals surface area (Å²) in [4.78, 5) is 13.5. The lowest BCUT2D eigenvalue weighted by atomic mass is 9.75. The summed E-state index contributed by atoms with van der Waals surface area (Å²) in [5.74, 6) is -0.732. The fourth-order valence-electron chi connectivity index (χ4n) is 3.29. The molecular formula is C14H25NO2. The lowest BCUT2D eigenvalue weighted by molar-refractivity contribution is -0.144. The van der Waals surface area contributed by atoms with Crippen LogP contribution in [0.4, 0.5) is 0 Å². The van der Waals surface area contributed by atoms with Gasteiger partial charge in [-0.25, -0.2) is 0 Å². The van der Waals surface area contributed by atoms with Gasteiger partial charge in [-0.05, 0) is 50.5 Å². The molecule has 1 heterocycles. The first kappa shape index (κ1) is 12.9. The number of nitrogens with zero attached hydrogens (tertiary/aromatic N) is 1. The predicted molar refractivity (Wildman–Crippen MR) is 68.0 cm³/mol. The number of aliphatic carboxylic acids is 1. The van der Waals surface area contributed by atoms with Crippen LogP contribution < -0.4 is 0 Å². The Balaban J connectivity index is 1.88. The molecule has 98 valence electrons. The predicted octanol–water partition coefficient (Wildman–Crippen LogP) is 2.75. The molecule has 0 aromatic rings. The van der Waals surface area contributed by atoms with Crippen molar-refractivity contribution in [2.45, 2.75) is 58.4 Å². The van der Waals surface area contributed by atoms with Gasteiger partial charge in [0, 0.05) is 12.6 Å². The largest absolute Gasteiger partial charge is 0.481 e. The van der Waals surface area contributed by atoms with Crippen molar-refractivity contribution in [2.24, 2.45) is 11.3 Å². The Hall–Kier alpha value is -0.570. The molecule has 1 saturated heterocycles. The van der Waals surface area contributed by atoms with Crippen LogP contribution in [0.15, 0.2) is 0 Å². The number of rotatable bonds is 2. The average molecular weight is 239 g/mol. The number of hydrogen-bond donors (Lipinski definition) is 1. The molecule has 0 aromatic carbocycles. The van der Waals surface area contributed by atoms with Crippen LogP contribution in [0, 0.1) is 11.3 Å². The van der Waals surface area contributed by atoms with E-state index >= 15 is 0 Å². The third kappa shape index (κ3) is 3.21. The molecule has 1 N–H and O–H groups in total. The molecule has 1 aliphatic heterocycles. The number of carboxylic acid groups (broad SMARTS) is 1. The molecule has 1 saturated carbocycles. The molecule has 2 aliphatic rings.